The smallest absolute Gasteiger partial charge is 0.0364 e. The van der Waals surface area contributed by atoms with E-state index in [0.717, 1.165) is 18.4 Å². The molecule has 1 fully saturated rings. The van der Waals surface area contributed by atoms with Gasteiger partial charge < -0.3 is 5.32 Å². The first-order valence-electron chi connectivity index (χ1n) is 4.92. The first-order chi connectivity index (χ1) is 6.29. The zero-order valence-electron chi connectivity index (χ0n) is 8.20. The molecule has 1 N–H and O–H groups in total. The molecule has 0 aliphatic carbocycles. The van der Waals surface area contributed by atoms with Gasteiger partial charge in [0.05, 0.1) is 0 Å². The van der Waals surface area contributed by atoms with E-state index in [0.29, 0.717) is 6.04 Å². The molecule has 1 aliphatic heterocycles. The minimum atomic E-state index is 0.558. The summed E-state index contributed by atoms with van der Waals surface area (Å²) in [6, 6.07) is 4.77. The van der Waals surface area contributed by atoms with Crippen LogP contribution >= 0.6 is 0 Å². The molecule has 1 aromatic heterocycles. The van der Waals surface area contributed by atoms with E-state index in [4.69, 9.17) is 0 Å². The van der Waals surface area contributed by atoms with Gasteiger partial charge in [-0.1, -0.05) is 13.8 Å². The van der Waals surface area contributed by atoms with E-state index in [-0.39, 0.29) is 0 Å². The molecule has 1 saturated heterocycles. The van der Waals surface area contributed by atoms with Crippen LogP contribution in [0.25, 0.3) is 0 Å². The number of pyridine rings is 1. The zero-order valence-corrected chi connectivity index (χ0v) is 8.20. The molecule has 0 radical (unpaired) electrons. The van der Waals surface area contributed by atoms with E-state index in [1.807, 2.05) is 12.4 Å². The molecule has 0 spiro atoms. The Labute approximate surface area is 79.4 Å². The van der Waals surface area contributed by atoms with E-state index < -0.39 is 0 Å². The number of aromatic nitrogens is 1. The molecular weight excluding hydrogens is 160 g/mol. The van der Waals surface area contributed by atoms with Crippen molar-refractivity contribution < 1.29 is 0 Å². The molecule has 2 heterocycles. The maximum atomic E-state index is 4.03. The highest BCUT2D eigenvalue weighted by molar-refractivity contribution is 5.19. The summed E-state index contributed by atoms with van der Waals surface area (Å²) in [5, 5.41) is 3.47. The Kier molecular flexibility index (Phi) is 2.32. The number of nitrogens with one attached hydrogen (secondary N) is 1. The van der Waals surface area contributed by atoms with Crippen LogP contribution in [0, 0.1) is 11.8 Å². The van der Waals surface area contributed by atoms with Crippen molar-refractivity contribution in [3.05, 3.63) is 30.1 Å². The van der Waals surface area contributed by atoms with Gasteiger partial charge in [0.25, 0.3) is 0 Å². The Morgan fingerprint density at radius 1 is 1.38 bits per heavy atom. The van der Waals surface area contributed by atoms with Gasteiger partial charge in [0.15, 0.2) is 0 Å². The van der Waals surface area contributed by atoms with Crippen molar-refractivity contribution in [2.75, 3.05) is 6.54 Å². The summed E-state index contributed by atoms with van der Waals surface area (Å²) in [4.78, 5) is 4.03. The summed E-state index contributed by atoms with van der Waals surface area (Å²) >= 11 is 0. The Balaban J connectivity index is 2.11. The van der Waals surface area contributed by atoms with Gasteiger partial charge in [0, 0.05) is 25.0 Å². The molecule has 2 atom stereocenters. The third kappa shape index (κ3) is 1.59. The van der Waals surface area contributed by atoms with Crippen LogP contribution in [0.3, 0.4) is 0 Å². The summed E-state index contributed by atoms with van der Waals surface area (Å²) in [6.07, 6.45) is 3.74. The highest BCUT2D eigenvalue weighted by atomic mass is 15.0. The lowest BCUT2D eigenvalue weighted by Crippen LogP contribution is -2.48. The number of rotatable bonds is 2. The van der Waals surface area contributed by atoms with Crippen LogP contribution in [0.15, 0.2) is 24.5 Å². The Hall–Kier alpha value is -0.890. The molecule has 0 bridgehead atoms. The first-order valence-corrected chi connectivity index (χ1v) is 4.92. The fraction of sp³-hybridized carbons (Fsp3) is 0.545. The Bertz CT molecular complexity index is 269. The van der Waals surface area contributed by atoms with Crippen molar-refractivity contribution in [2.24, 2.45) is 11.8 Å². The van der Waals surface area contributed by atoms with Crippen molar-refractivity contribution in [1.82, 2.24) is 10.3 Å². The lowest BCUT2D eigenvalue weighted by atomic mass is 9.79. The largest absolute Gasteiger partial charge is 0.309 e. The standard InChI is InChI=1S/C11H16N2/c1-8(2)10-7-13-11(10)9-3-5-12-6-4-9/h3-6,8,10-11,13H,7H2,1-2H3. The summed E-state index contributed by atoms with van der Waals surface area (Å²) in [5.74, 6) is 1.56. The SMILES string of the molecule is CC(C)C1CNC1c1ccncc1. The van der Waals surface area contributed by atoms with Gasteiger partial charge in [-0.2, -0.15) is 0 Å². The average molecular weight is 176 g/mol. The maximum absolute atomic E-state index is 4.03. The highest BCUT2D eigenvalue weighted by Gasteiger charge is 2.33. The fourth-order valence-corrected chi connectivity index (χ4v) is 1.93. The molecule has 1 aromatic rings. The monoisotopic (exact) mass is 176 g/mol. The van der Waals surface area contributed by atoms with Crippen LogP contribution in [0.5, 0.6) is 0 Å². The molecule has 13 heavy (non-hydrogen) atoms. The number of hydrogen-bond acceptors (Lipinski definition) is 2. The van der Waals surface area contributed by atoms with E-state index in [1.54, 1.807) is 0 Å². The van der Waals surface area contributed by atoms with Gasteiger partial charge in [-0.15, -0.1) is 0 Å². The van der Waals surface area contributed by atoms with Gasteiger partial charge in [0.1, 0.15) is 0 Å². The molecule has 0 saturated carbocycles. The molecule has 2 rings (SSSR count). The minimum absolute atomic E-state index is 0.558. The van der Waals surface area contributed by atoms with Crippen molar-refractivity contribution in [3.8, 4) is 0 Å². The van der Waals surface area contributed by atoms with Crippen molar-refractivity contribution >= 4 is 0 Å². The molecule has 1 aliphatic rings. The first kappa shape index (κ1) is 8.70. The number of hydrogen-bond donors (Lipinski definition) is 1. The fourth-order valence-electron chi connectivity index (χ4n) is 1.93. The summed E-state index contributed by atoms with van der Waals surface area (Å²) in [7, 11) is 0. The van der Waals surface area contributed by atoms with Crippen molar-refractivity contribution in [3.63, 3.8) is 0 Å². The van der Waals surface area contributed by atoms with E-state index in [9.17, 15) is 0 Å². The summed E-state index contributed by atoms with van der Waals surface area (Å²) in [5.41, 5.74) is 1.37. The highest BCUT2D eigenvalue weighted by Crippen LogP contribution is 2.33. The van der Waals surface area contributed by atoms with Gasteiger partial charge in [-0.25, -0.2) is 0 Å². The average Bonchev–Trinajstić information content (AvgIpc) is 2.02. The lowest BCUT2D eigenvalue weighted by molar-refractivity contribution is 0.174. The molecule has 2 heteroatoms. The minimum Gasteiger partial charge on any atom is -0.309 e. The lowest BCUT2D eigenvalue weighted by Gasteiger charge is -2.41. The van der Waals surface area contributed by atoms with E-state index in [2.05, 4.69) is 36.3 Å². The summed E-state index contributed by atoms with van der Waals surface area (Å²) in [6.45, 7) is 5.74. The Morgan fingerprint density at radius 3 is 2.54 bits per heavy atom. The van der Waals surface area contributed by atoms with Crippen molar-refractivity contribution in [1.29, 1.82) is 0 Å². The molecule has 0 amide bonds. The second kappa shape index (κ2) is 3.46. The van der Waals surface area contributed by atoms with Gasteiger partial charge >= 0.3 is 0 Å². The number of nitrogens with zero attached hydrogens (tertiary/aromatic N) is 1. The second-order valence-corrected chi connectivity index (χ2v) is 4.07. The third-order valence-electron chi connectivity index (χ3n) is 2.92. The molecule has 70 valence electrons. The maximum Gasteiger partial charge on any atom is 0.0364 e. The molecular formula is C11H16N2. The predicted molar refractivity (Wildman–Crippen MR) is 53.3 cm³/mol. The van der Waals surface area contributed by atoms with Gasteiger partial charge in [-0.05, 0) is 29.5 Å². The van der Waals surface area contributed by atoms with Crippen LogP contribution < -0.4 is 5.32 Å². The van der Waals surface area contributed by atoms with Crippen LogP contribution in [0.1, 0.15) is 25.5 Å². The van der Waals surface area contributed by atoms with Gasteiger partial charge in [0.2, 0.25) is 0 Å². The topological polar surface area (TPSA) is 24.9 Å². The van der Waals surface area contributed by atoms with E-state index >= 15 is 0 Å². The van der Waals surface area contributed by atoms with Crippen LogP contribution in [0.2, 0.25) is 0 Å². The van der Waals surface area contributed by atoms with Gasteiger partial charge in [-0.3, -0.25) is 4.98 Å². The quantitative estimate of drug-likeness (QED) is 0.745. The normalized spacial score (nSPS) is 27.3. The zero-order chi connectivity index (χ0) is 9.26. The molecule has 0 aromatic carbocycles. The predicted octanol–water partition coefficient (Wildman–Crippen LogP) is 2.00. The summed E-state index contributed by atoms with van der Waals surface area (Å²) < 4.78 is 0. The van der Waals surface area contributed by atoms with Crippen molar-refractivity contribution in [2.45, 2.75) is 19.9 Å². The second-order valence-electron chi connectivity index (χ2n) is 4.07. The van der Waals surface area contributed by atoms with E-state index in [1.165, 1.54) is 5.56 Å². The molecule has 2 nitrogen and oxygen atoms in total. The Morgan fingerprint density at radius 2 is 2.08 bits per heavy atom. The molecule has 2 unspecified atom stereocenters. The van der Waals surface area contributed by atoms with Crippen LogP contribution in [-0.4, -0.2) is 11.5 Å². The third-order valence-corrected chi connectivity index (χ3v) is 2.92. The van der Waals surface area contributed by atoms with Crippen LogP contribution in [0.4, 0.5) is 0 Å². The van der Waals surface area contributed by atoms with Crippen LogP contribution in [-0.2, 0) is 0 Å².